The van der Waals surface area contributed by atoms with Crippen molar-refractivity contribution in [2.45, 2.75) is 115 Å². The van der Waals surface area contributed by atoms with Crippen LogP contribution in [0.25, 0.3) is 11.3 Å². The van der Waals surface area contributed by atoms with Gasteiger partial charge in [0.05, 0.1) is 36.1 Å². The van der Waals surface area contributed by atoms with Crippen molar-refractivity contribution in [3.63, 3.8) is 0 Å². The summed E-state index contributed by atoms with van der Waals surface area (Å²) < 4.78 is 78.8. The molecule has 2 aromatic rings. The van der Waals surface area contributed by atoms with Crippen LogP contribution in [-0.4, -0.2) is 141 Å². The minimum Gasteiger partial charge on any atom is -0.444 e. The maximum absolute atomic E-state index is 14.6. The number of carbonyl (C=O) groups is 3. The van der Waals surface area contributed by atoms with E-state index < -0.39 is 51.4 Å². The number of hydrogen-bond acceptors (Lipinski definition) is 10. The fourth-order valence-corrected chi connectivity index (χ4v) is 10.2. The number of benzene rings is 1. The fraction of sp³-hybridized carbons (Fsp3) is 0.692. The summed E-state index contributed by atoms with van der Waals surface area (Å²) in [6, 6.07) is 3.81. The van der Waals surface area contributed by atoms with Gasteiger partial charge in [0.25, 0.3) is 0 Å². The van der Waals surface area contributed by atoms with Crippen molar-refractivity contribution in [3.05, 3.63) is 35.0 Å². The Morgan fingerprint density at radius 3 is 2.38 bits per heavy atom. The topological polar surface area (TPSA) is 149 Å². The van der Waals surface area contributed by atoms with E-state index in [2.05, 4.69) is 4.90 Å². The lowest BCUT2D eigenvalue weighted by Crippen LogP contribution is -2.47. The molecule has 4 aliphatic heterocycles. The minimum atomic E-state index is -4.75. The van der Waals surface area contributed by atoms with E-state index in [-0.39, 0.29) is 49.6 Å². The van der Waals surface area contributed by atoms with E-state index >= 15 is 0 Å². The average molecular weight is 856 g/mol. The molecule has 19 heteroatoms. The molecule has 1 aromatic heterocycles. The van der Waals surface area contributed by atoms with Crippen LogP contribution >= 0.6 is 11.9 Å². The van der Waals surface area contributed by atoms with Gasteiger partial charge in [0.15, 0.2) is 0 Å². The average Bonchev–Trinajstić information content (AvgIpc) is 3.75. The summed E-state index contributed by atoms with van der Waals surface area (Å²) in [6.07, 6.45) is -0.623. The van der Waals surface area contributed by atoms with Gasteiger partial charge in [-0.25, -0.2) is 13.2 Å². The van der Waals surface area contributed by atoms with Crippen molar-refractivity contribution in [1.29, 1.82) is 0 Å². The van der Waals surface area contributed by atoms with Gasteiger partial charge < -0.3 is 24.5 Å². The standard InChI is InChI=1S/C39H56F3N7O7S2/c1-6-49(36(52)27-9-7-16-45(22-27)37(53)56-38(2,3)4)57-33-21-26(11-12-31(33)39(40,41)42)35-30-25-46(58(5,54)55)20-15-32(30)48(43-35)24-29(50)23-44-18-13-28(14-19-44)47-17-8-10-34(47)51/h11-12,21,27-29,50H,6-10,13-20,22-25H2,1-5H3. The summed E-state index contributed by atoms with van der Waals surface area (Å²) in [4.78, 5) is 44.3. The van der Waals surface area contributed by atoms with Crippen molar-refractivity contribution in [1.82, 2.24) is 33.1 Å². The molecular weight excluding hydrogens is 800 g/mol. The number of halogens is 3. The highest BCUT2D eigenvalue weighted by Crippen LogP contribution is 2.42. The number of ether oxygens (including phenoxy) is 1. The number of aromatic nitrogens is 2. The molecule has 3 amide bonds. The van der Waals surface area contributed by atoms with Gasteiger partial charge in [0.2, 0.25) is 21.8 Å². The molecule has 0 saturated carbocycles. The first kappa shape index (κ1) is 44.2. The number of nitrogens with zero attached hydrogens (tertiary/aromatic N) is 7. The molecule has 322 valence electrons. The number of piperidine rings is 2. The number of sulfonamides is 1. The monoisotopic (exact) mass is 855 g/mol. The van der Waals surface area contributed by atoms with Gasteiger partial charge in [-0.05, 0) is 83.9 Å². The molecular formula is C39H56F3N7O7S2. The Hall–Kier alpha value is -3.39. The van der Waals surface area contributed by atoms with Crippen LogP contribution in [0.15, 0.2) is 23.1 Å². The quantitative estimate of drug-likeness (QED) is 0.312. The Morgan fingerprint density at radius 2 is 1.76 bits per heavy atom. The molecule has 6 rings (SSSR count). The molecule has 0 aliphatic carbocycles. The Labute approximate surface area is 343 Å². The van der Waals surface area contributed by atoms with Gasteiger partial charge in [0, 0.05) is 99.5 Å². The highest BCUT2D eigenvalue weighted by molar-refractivity contribution is 7.97. The van der Waals surface area contributed by atoms with E-state index in [0.29, 0.717) is 73.2 Å². The number of fused-ring (bicyclic) bond motifs is 1. The summed E-state index contributed by atoms with van der Waals surface area (Å²) >= 11 is 0.681. The minimum absolute atomic E-state index is 0.0404. The first-order valence-corrected chi connectivity index (χ1v) is 22.8. The molecule has 3 saturated heterocycles. The van der Waals surface area contributed by atoms with Gasteiger partial charge in [-0.2, -0.15) is 22.6 Å². The van der Waals surface area contributed by atoms with Crippen LogP contribution in [-0.2, 0) is 50.0 Å². The van der Waals surface area contributed by atoms with Crippen molar-refractivity contribution in [2.75, 3.05) is 58.6 Å². The second-order valence-electron chi connectivity index (χ2n) is 16.8. The van der Waals surface area contributed by atoms with Crippen molar-refractivity contribution < 1.29 is 45.8 Å². The van der Waals surface area contributed by atoms with Crippen LogP contribution in [0.2, 0.25) is 0 Å². The van der Waals surface area contributed by atoms with Gasteiger partial charge in [0.1, 0.15) is 5.60 Å². The van der Waals surface area contributed by atoms with E-state index in [1.54, 1.807) is 32.4 Å². The highest BCUT2D eigenvalue weighted by Gasteiger charge is 2.38. The number of hydrogen-bond donors (Lipinski definition) is 1. The summed E-state index contributed by atoms with van der Waals surface area (Å²) in [5.74, 6) is -0.828. The number of alkyl halides is 3. The molecule has 0 bridgehead atoms. The van der Waals surface area contributed by atoms with E-state index in [1.165, 1.54) is 25.6 Å². The maximum atomic E-state index is 14.6. The van der Waals surface area contributed by atoms with Crippen LogP contribution in [0, 0.1) is 5.92 Å². The van der Waals surface area contributed by atoms with Crippen LogP contribution in [0.4, 0.5) is 18.0 Å². The molecule has 0 spiro atoms. The normalized spacial score (nSPS) is 21.0. The van der Waals surface area contributed by atoms with E-state index in [0.717, 1.165) is 51.2 Å². The number of aliphatic hydroxyl groups is 1. The zero-order chi connectivity index (χ0) is 42.2. The van der Waals surface area contributed by atoms with E-state index in [4.69, 9.17) is 9.84 Å². The van der Waals surface area contributed by atoms with Crippen molar-refractivity contribution in [2.24, 2.45) is 5.92 Å². The third-order valence-electron chi connectivity index (χ3n) is 11.3. The number of rotatable bonds is 11. The van der Waals surface area contributed by atoms with Crippen molar-refractivity contribution >= 4 is 39.9 Å². The van der Waals surface area contributed by atoms with Gasteiger partial charge in [-0.15, -0.1) is 0 Å². The van der Waals surface area contributed by atoms with Gasteiger partial charge in [-0.3, -0.25) is 18.6 Å². The first-order valence-electron chi connectivity index (χ1n) is 20.1. The number of likely N-dealkylation sites (tertiary alicyclic amines) is 3. The molecule has 1 aromatic carbocycles. The molecule has 1 N–H and O–H groups in total. The largest absolute Gasteiger partial charge is 0.444 e. The molecule has 2 unspecified atom stereocenters. The molecule has 14 nitrogen and oxygen atoms in total. The summed E-state index contributed by atoms with van der Waals surface area (Å²) in [7, 11) is -3.62. The lowest BCUT2D eigenvalue weighted by atomic mass is 9.97. The van der Waals surface area contributed by atoms with E-state index in [1.807, 2.05) is 4.90 Å². The molecule has 5 heterocycles. The summed E-state index contributed by atoms with van der Waals surface area (Å²) in [5.41, 5.74) is 0.189. The molecule has 0 radical (unpaired) electrons. The Bertz CT molecular complexity index is 1950. The Balaban J connectivity index is 1.24. The molecule has 3 fully saturated rings. The summed E-state index contributed by atoms with van der Waals surface area (Å²) in [5, 5.41) is 16.1. The third-order valence-corrected chi connectivity index (χ3v) is 13.7. The van der Waals surface area contributed by atoms with Gasteiger partial charge in [-0.1, -0.05) is 6.07 Å². The van der Waals surface area contributed by atoms with Gasteiger partial charge >= 0.3 is 12.3 Å². The number of β-amino-alcohol motifs (C(OH)–C–C–N with tert-alkyl or cyclic N) is 1. The van der Waals surface area contributed by atoms with Crippen LogP contribution < -0.4 is 0 Å². The second-order valence-corrected chi connectivity index (χ2v) is 19.8. The molecule has 58 heavy (non-hydrogen) atoms. The second kappa shape index (κ2) is 17.7. The number of aliphatic hydroxyl groups excluding tert-OH is 1. The zero-order valence-corrected chi connectivity index (χ0v) is 35.6. The van der Waals surface area contributed by atoms with Crippen LogP contribution in [0.5, 0.6) is 0 Å². The highest BCUT2D eigenvalue weighted by atomic mass is 32.2. The maximum Gasteiger partial charge on any atom is 0.417 e. The smallest absolute Gasteiger partial charge is 0.417 e. The predicted molar refractivity (Wildman–Crippen MR) is 212 cm³/mol. The SMILES string of the molecule is CCN(Sc1cc(-c2nn(CC(O)CN3CCC(N4CCCC4=O)CC3)c3c2CN(S(C)(=O)=O)CC3)ccc1C(F)(F)F)C(=O)C1CCCN(C(=O)OC(C)(C)C)C1. The lowest BCUT2D eigenvalue weighted by Gasteiger charge is -2.37. The third kappa shape index (κ3) is 10.5. The Morgan fingerprint density at radius 1 is 1.03 bits per heavy atom. The lowest BCUT2D eigenvalue weighted by molar-refractivity contribution is -0.140. The predicted octanol–water partition coefficient (Wildman–Crippen LogP) is 4.84. The van der Waals surface area contributed by atoms with Crippen LogP contribution in [0.3, 0.4) is 0 Å². The van der Waals surface area contributed by atoms with E-state index in [9.17, 15) is 41.1 Å². The zero-order valence-electron chi connectivity index (χ0n) is 34.0. The van der Waals surface area contributed by atoms with Crippen LogP contribution in [0.1, 0.15) is 83.0 Å². The number of amides is 3. The summed E-state index contributed by atoms with van der Waals surface area (Å²) in [6.45, 7) is 10.3. The fourth-order valence-electron chi connectivity index (χ4n) is 8.39. The number of carbonyl (C=O) groups excluding carboxylic acids is 3. The molecule has 4 aliphatic rings. The Kier molecular flexibility index (Phi) is 13.5. The molecule has 2 atom stereocenters. The first-order chi connectivity index (χ1) is 27.2. The van der Waals surface area contributed by atoms with Crippen molar-refractivity contribution in [3.8, 4) is 11.3 Å².